The second-order valence-electron chi connectivity index (χ2n) is 5.24. The average molecular weight is 303 g/mol. The smallest absolute Gasteiger partial charge is 0.238 e. The molecule has 0 radical (unpaired) electrons. The van der Waals surface area contributed by atoms with E-state index in [1.165, 1.54) is 11.2 Å². The summed E-state index contributed by atoms with van der Waals surface area (Å²) in [5, 5.41) is 0. The van der Waals surface area contributed by atoms with E-state index in [0.717, 1.165) is 6.42 Å². The highest BCUT2D eigenvalue weighted by Crippen LogP contribution is 2.14. The van der Waals surface area contributed by atoms with E-state index in [-0.39, 0.29) is 24.1 Å². The summed E-state index contributed by atoms with van der Waals surface area (Å²) >= 11 is 0. The Balaban J connectivity index is 1.88. The maximum Gasteiger partial charge on any atom is 0.238 e. The number of hydrogen-bond acceptors (Lipinski definition) is 4. The lowest BCUT2D eigenvalue weighted by molar-refractivity contribution is -0.138. The molecule has 0 unspecified atom stereocenters. The maximum absolute atomic E-state index is 12.1. The standard InChI is InChI=1S/C12H21N3O4S/c1-11(16)13-5-7-14(8-6-13)12(17)10-15-4-2-3-9-20(15,18)19/h2-10H2,1H3. The van der Waals surface area contributed by atoms with Gasteiger partial charge in [0.2, 0.25) is 21.8 Å². The van der Waals surface area contributed by atoms with Gasteiger partial charge < -0.3 is 9.80 Å². The lowest BCUT2D eigenvalue weighted by Gasteiger charge is -2.35. The zero-order chi connectivity index (χ0) is 14.8. The van der Waals surface area contributed by atoms with E-state index < -0.39 is 10.0 Å². The van der Waals surface area contributed by atoms with Crippen LogP contribution in [0.5, 0.6) is 0 Å². The molecule has 114 valence electrons. The predicted molar refractivity (Wildman–Crippen MR) is 73.4 cm³/mol. The van der Waals surface area contributed by atoms with Crippen LogP contribution in [0.1, 0.15) is 19.8 Å². The number of amides is 2. The van der Waals surface area contributed by atoms with Crippen LogP contribution in [0.3, 0.4) is 0 Å². The molecule has 2 rings (SSSR count). The first-order valence-corrected chi connectivity index (χ1v) is 8.52. The molecule has 2 amide bonds. The van der Waals surface area contributed by atoms with Gasteiger partial charge in [-0.25, -0.2) is 8.42 Å². The van der Waals surface area contributed by atoms with Gasteiger partial charge in [-0.3, -0.25) is 9.59 Å². The second kappa shape index (κ2) is 6.09. The van der Waals surface area contributed by atoms with Crippen molar-refractivity contribution in [1.82, 2.24) is 14.1 Å². The van der Waals surface area contributed by atoms with Crippen molar-refractivity contribution in [3.63, 3.8) is 0 Å². The highest BCUT2D eigenvalue weighted by molar-refractivity contribution is 7.89. The zero-order valence-electron chi connectivity index (χ0n) is 11.7. The molecular formula is C12H21N3O4S. The Morgan fingerprint density at radius 2 is 1.55 bits per heavy atom. The summed E-state index contributed by atoms with van der Waals surface area (Å²) in [5.41, 5.74) is 0. The summed E-state index contributed by atoms with van der Waals surface area (Å²) in [6, 6.07) is 0. The van der Waals surface area contributed by atoms with Crippen molar-refractivity contribution < 1.29 is 18.0 Å². The Morgan fingerprint density at radius 3 is 2.10 bits per heavy atom. The molecule has 7 nitrogen and oxygen atoms in total. The van der Waals surface area contributed by atoms with Gasteiger partial charge in [0.05, 0.1) is 12.3 Å². The Kier molecular flexibility index (Phi) is 4.64. The molecule has 0 atom stereocenters. The Morgan fingerprint density at radius 1 is 0.950 bits per heavy atom. The van der Waals surface area contributed by atoms with Crippen molar-refractivity contribution in [3.05, 3.63) is 0 Å². The van der Waals surface area contributed by atoms with Gasteiger partial charge in [-0.15, -0.1) is 0 Å². The highest BCUT2D eigenvalue weighted by Gasteiger charge is 2.30. The Labute approximate surface area is 119 Å². The van der Waals surface area contributed by atoms with Crippen LogP contribution >= 0.6 is 0 Å². The molecule has 0 aliphatic carbocycles. The molecule has 20 heavy (non-hydrogen) atoms. The molecule has 0 aromatic heterocycles. The van der Waals surface area contributed by atoms with Gasteiger partial charge in [0.1, 0.15) is 0 Å². The average Bonchev–Trinajstić information content (AvgIpc) is 2.41. The molecule has 2 saturated heterocycles. The molecular weight excluding hydrogens is 282 g/mol. The lowest BCUT2D eigenvalue weighted by Crippen LogP contribution is -2.53. The van der Waals surface area contributed by atoms with Crippen LogP contribution in [-0.2, 0) is 19.6 Å². The Bertz CT molecular complexity index is 483. The second-order valence-corrected chi connectivity index (χ2v) is 7.33. The number of hydrogen-bond donors (Lipinski definition) is 0. The number of carbonyl (C=O) groups excluding carboxylic acids is 2. The number of carbonyl (C=O) groups is 2. The van der Waals surface area contributed by atoms with Crippen LogP contribution < -0.4 is 0 Å². The van der Waals surface area contributed by atoms with Crippen molar-refractivity contribution in [1.29, 1.82) is 0 Å². The van der Waals surface area contributed by atoms with Gasteiger partial charge >= 0.3 is 0 Å². The van der Waals surface area contributed by atoms with E-state index in [2.05, 4.69) is 0 Å². The van der Waals surface area contributed by atoms with Gasteiger partial charge in [0.25, 0.3) is 0 Å². The van der Waals surface area contributed by atoms with E-state index in [4.69, 9.17) is 0 Å². The van der Waals surface area contributed by atoms with E-state index in [9.17, 15) is 18.0 Å². The summed E-state index contributed by atoms with van der Waals surface area (Å²) in [6.07, 6.45) is 1.48. The van der Waals surface area contributed by atoms with Gasteiger partial charge in [-0.1, -0.05) is 0 Å². The van der Waals surface area contributed by atoms with Crippen LogP contribution in [0.15, 0.2) is 0 Å². The molecule has 2 fully saturated rings. The minimum atomic E-state index is -3.26. The molecule has 0 bridgehead atoms. The summed E-state index contributed by atoms with van der Waals surface area (Å²) in [4.78, 5) is 26.7. The van der Waals surface area contributed by atoms with Crippen LogP contribution in [0.4, 0.5) is 0 Å². The number of rotatable bonds is 2. The van der Waals surface area contributed by atoms with Crippen molar-refractivity contribution >= 4 is 21.8 Å². The van der Waals surface area contributed by atoms with Crippen LogP contribution in [0.25, 0.3) is 0 Å². The SMILES string of the molecule is CC(=O)N1CCN(C(=O)CN2CCCCS2(=O)=O)CC1. The quantitative estimate of drug-likeness (QED) is 0.662. The molecule has 0 N–H and O–H groups in total. The minimum absolute atomic E-state index is 0.00991. The molecule has 2 aliphatic heterocycles. The van der Waals surface area contributed by atoms with Gasteiger partial charge in [-0.2, -0.15) is 4.31 Å². The van der Waals surface area contributed by atoms with Gasteiger partial charge in [-0.05, 0) is 12.8 Å². The summed E-state index contributed by atoms with van der Waals surface area (Å²) in [7, 11) is -3.26. The monoisotopic (exact) mass is 303 g/mol. The molecule has 8 heteroatoms. The summed E-state index contributed by atoms with van der Waals surface area (Å²) in [6.45, 7) is 3.88. The predicted octanol–water partition coefficient (Wildman–Crippen LogP) is -0.897. The Hall–Kier alpha value is -1.15. The van der Waals surface area contributed by atoms with Crippen molar-refractivity contribution in [2.75, 3.05) is 45.0 Å². The van der Waals surface area contributed by atoms with Crippen LogP contribution in [0, 0.1) is 0 Å². The maximum atomic E-state index is 12.1. The first kappa shape index (κ1) is 15.2. The number of piperazine rings is 1. The highest BCUT2D eigenvalue weighted by atomic mass is 32.2. The van der Waals surface area contributed by atoms with Gasteiger partial charge in [0.15, 0.2) is 0 Å². The molecule has 0 aromatic rings. The zero-order valence-corrected chi connectivity index (χ0v) is 12.6. The summed E-state index contributed by atoms with van der Waals surface area (Å²) in [5.74, 6) is -0.0207. The fourth-order valence-corrected chi connectivity index (χ4v) is 4.08. The normalized spacial score (nSPS) is 23.6. The van der Waals surface area contributed by atoms with E-state index in [0.29, 0.717) is 39.1 Å². The largest absolute Gasteiger partial charge is 0.339 e. The molecule has 2 heterocycles. The van der Waals surface area contributed by atoms with Crippen LogP contribution in [0.2, 0.25) is 0 Å². The minimum Gasteiger partial charge on any atom is -0.339 e. The van der Waals surface area contributed by atoms with Crippen molar-refractivity contribution in [3.8, 4) is 0 Å². The van der Waals surface area contributed by atoms with E-state index in [1.54, 1.807) is 9.80 Å². The van der Waals surface area contributed by atoms with E-state index >= 15 is 0 Å². The third kappa shape index (κ3) is 3.49. The number of sulfonamides is 1. The lowest BCUT2D eigenvalue weighted by atomic mass is 10.3. The topological polar surface area (TPSA) is 78.0 Å². The molecule has 0 spiro atoms. The van der Waals surface area contributed by atoms with Gasteiger partial charge in [0, 0.05) is 39.6 Å². The van der Waals surface area contributed by atoms with Crippen LogP contribution in [-0.4, -0.2) is 79.4 Å². The summed E-state index contributed by atoms with van der Waals surface area (Å²) < 4.78 is 25.0. The first-order chi connectivity index (χ1) is 9.40. The fraction of sp³-hybridized carbons (Fsp3) is 0.833. The molecule has 2 aliphatic rings. The number of nitrogens with zero attached hydrogens (tertiary/aromatic N) is 3. The molecule has 0 aromatic carbocycles. The third-order valence-electron chi connectivity index (χ3n) is 3.84. The van der Waals surface area contributed by atoms with E-state index in [1.807, 2.05) is 0 Å². The molecule has 0 saturated carbocycles. The van der Waals surface area contributed by atoms with Crippen molar-refractivity contribution in [2.45, 2.75) is 19.8 Å². The fourth-order valence-electron chi connectivity index (χ4n) is 2.54. The van der Waals surface area contributed by atoms with Crippen molar-refractivity contribution in [2.24, 2.45) is 0 Å². The first-order valence-electron chi connectivity index (χ1n) is 6.91. The third-order valence-corrected chi connectivity index (χ3v) is 5.75.